The van der Waals surface area contributed by atoms with Crippen molar-refractivity contribution in [2.45, 2.75) is 44.0 Å². The molecule has 3 unspecified atom stereocenters. The highest BCUT2D eigenvalue weighted by atomic mass is 35.5. The third-order valence-electron chi connectivity index (χ3n) is 5.16. The van der Waals surface area contributed by atoms with Crippen LogP contribution in [0.25, 0.3) is 0 Å². The van der Waals surface area contributed by atoms with Crippen LogP contribution in [0.2, 0.25) is 0 Å². The highest BCUT2D eigenvalue weighted by Gasteiger charge is 2.44. The molecule has 3 atom stereocenters. The maximum Gasteiger partial charge on any atom is 0.246 e. The number of rotatable bonds is 2. The summed E-state index contributed by atoms with van der Waals surface area (Å²) in [6, 6.07) is 0.139. The molecule has 22 heavy (non-hydrogen) atoms. The average Bonchev–Trinajstić information content (AvgIpc) is 2.94. The molecule has 1 aromatic rings. The highest BCUT2D eigenvalue weighted by Crippen LogP contribution is 2.38. The Morgan fingerprint density at radius 2 is 1.91 bits per heavy atom. The molecule has 1 saturated heterocycles. The van der Waals surface area contributed by atoms with Crippen LogP contribution < -0.4 is 5.73 Å². The van der Waals surface area contributed by atoms with E-state index >= 15 is 0 Å². The topological polar surface area (TPSA) is 81.2 Å². The van der Waals surface area contributed by atoms with Gasteiger partial charge in [-0.2, -0.15) is 9.40 Å². The summed E-state index contributed by atoms with van der Waals surface area (Å²) in [5.74, 6) is 0.728. The third kappa shape index (κ3) is 2.68. The Bertz CT molecular complexity index is 658. The van der Waals surface area contributed by atoms with E-state index in [0.717, 1.165) is 19.3 Å². The van der Waals surface area contributed by atoms with E-state index in [9.17, 15) is 8.42 Å². The minimum absolute atomic E-state index is 0. The molecule has 1 aromatic heterocycles. The molecule has 1 aliphatic carbocycles. The van der Waals surface area contributed by atoms with Gasteiger partial charge in [0.2, 0.25) is 10.0 Å². The number of aryl methyl sites for hydroxylation is 2. The van der Waals surface area contributed by atoms with Crippen molar-refractivity contribution >= 4 is 22.4 Å². The summed E-state index contributed by atoms with van der Waals surface area (Å²) in [6.07, 6.45) is 3.22. The second-order valence-corrected chi connectivity index (χ2v) is 8.34. The molecule has 126 valence electrons. The maximum absolute atomic E-state index is 13.0. The van der Waals surface area contributed by atoms with Crippen LogP contribution in [-0.4, -0.2) is 41.6 Å². The molecule has 0 bridgehead atoms. The summed E-state index contributed by atoms with van der Waals surface area (Å²) in [5, 5.41) is 4.24. The van der Waals surface area contributed by atoms with E-state index in [1.54, 1.807) is 23.0 Å². The van der Waals surface area contributed by atoms with Crippen LogP contribution in [0.15, 0.2) is 4.90 Å². The number of hydrogen-bond donors (Lipinski definition) is 1. The molecule has 0 amide bonds. The summed E-state index contributed by atoms with van der Waals surface area (Å²) in [5.41, 5.74) is 7.47. The molecule has 2 N–H and O–H groups in total. The number of nitrogens with zero attached hydrogens (tertiary/aromatic N) is 3. The van der Waals surface area contributed by atoms with E-state index in [-0.39, 0.29) is 18.4 Å². The van der Waals surface area contributed by atoms with Crippen LogP contribution >= 0.6 is 12.4 Å². The van der Waals surface area contributed by atoms with Crippen LogP contribution in [0.3, 0.4) is 0 Å². The van der Waals surface area contributed by atoms with Gasteiger partial charge in [0.05, 0.1) is 11.4 Å². The SMILES string of the molecule is Cc1nn(C)c(C)c1S(=O)(=O)N1CC2CCCC(N)C2C1.Cl. The van der Waals surface area contributed by atoms with Crippen LogP contribution in [0.4, 0.5) is 0 Å². The molecule has 0 radical (unpaired) electrons. The van der Waals surface area contributed by atoms with Gasteiger partial charge in [0.15, 0.2) is 0 Å². The molecule has 0 spiro atoms. The van der Waals surface area contributed by atoms with E-state index in [0.29, 0.717) is 41.2 Å². The van der Waals surface area contributed by atoms with Crippen molar-refractivity contribution in [3.8, 4) is 0 Å². The van der Waals surface area contributed by atoms with Crippen LogP contribution in [0.5, 0.6) is 0 Å². The Kier molecular flexibility index (Phi) is 4.92. The van der Waals surface area contributed by atoms with Crippen molar-refractivity contribution in [2.75, 3.05) is 13.1 Å². The van der Waals surface area contributed by atoms with Gasteiger partial charge < -0.3 is 5.73 Å². The Morgan fingerprint density at radius 1 is 1.23 bits per heavy atom. The lowest BCUT2D eigenvalue weighted by atomic mass is 9.78. The van der Waals surface area contributed by atoms with Gasteiger partial charge in [0, 0.05) is 26.2 Å². The van der Waals surface area contributed by atoms with E-state index in [1.807, 2.05) is 6.92 Å². The normalized spacial score (nSPS) is 29.2. The molecule has 2 aliphatic rings. The summed E-state index contributed by atoms with van der Waals surface area (Å²) in [7, 11) is -1.69. The van der Waals surface area contributed by atoms with Crippen molar-refractivity contribution in [1.29, 1.82) is 0 Å². The summed E-state index contributed by atoms with van der Waals surface area (Å²) in [4.78, 5) is 0.372. The minimum atomic E-state index is -3.47. The number of sulfonamides is 1. The second kappa shape index (κ2) is 6.11. The highest BCUT2D eigenvalue weighted by molar-refractivity contribution is 7.89. The molecule has 1 saturated carbocycles. The van der Waals surface area contributed by atoms with Gasteiger partial charge in [0.1, 0.15) is 4.90 Å². The standard InChI is InChI=1S/C14H24N4O2S.ClH/c1-9-14(10(2)17(3)16-9)21(19,20)18-7-11-5-4-6-13(15)12(11)8-18;/h11-13H,4-8,15H2,1-3H3;1H. The van der Waals surface area contributed by atoms with Crippen LogP contribution in [-0.2, 0) is 17.1 Å². The van der Waals surface area contributed by atoms with E-state index in [4.69, 9.17) is 5.73 Å². The summed E-state index contributed by atoms with van der Waals surface area (Å²) < 4.78 is 29.2. The first-order chi connectivity index (χ1) is 9.82. The third-order valence-corrected chi connectivity index (χ3v) is 7.25. The molecular weight excluding hydrogens is 324 g/mol. The first kappa shape index (κ1) is 17.7. The number of halogens is 1. The number of fused-ring (bicyclic) bond motifs is 1. The van der Waals surface area contributed by atoms with Crippen LogP contribution in [0.1, 0.15) is 30.7 Å². The quantitative estimate of drug-likeness (QED) is 0.870. The van der Waals surface area contributed by atoms with E-state index in [2.05, 4.69) is 5.10 Å². The zero-order valence-electron chi connectivity index (χ0n) is 13.3. The zero-order chi connectivity index (χ0) is 15.4. The van der Waals surface area contributed by atoms with Crippen molar-refractivity contribution < 1.29 is 8.42 Å². The fourth-order valence-corrected chi connectivity index (χ4v) is 5.86. The molecule has 6 nitrogen and oxygen atoms in total. The molecule has 0 aromatic carbocycles. The smallest absolute Gasteiger partial charge is 0.246 e. The molecule has 2 fully saturated rings. The van der Waals surface area contributed by atoms with E-state index in [1.165, 1.54) is 0 Å². The molecule has 2 heterocycles. The summed E-state index contributed by atoms with van der Waals surface area (Å²) in [6.45, 7) is 4.73. The Balaban J connectivity index is 0.00000176. The predicted octanol–water partition coefficient (Wildman–Crippen LogP) is 1.21. The van der Waals surface area contributed by atoms with Gasteiger partial charge in [-0.15, -0.1) is 12.4 Å². The largest absolute Gasteiger partial charge is 0.327 e. The second-order valence-electron chi connectivity index (χ2n) is 6.46. The lowest BCUT2D eigenvalue weighted by molar-refractivity contribution is 0.260. The number of nitrogens with two attached hydrogens (primary N) is 1. The van der Waals surface area contributed by atoms with Gasteiger partial charge >= 0.3 is 0 Å². The Morgan fingerprint density at radius 3 is 2.45 bits per heavy atom. The molecule has 1 aliphatic heterocycles. The fraction of sp³-hybridized carbons (Fsp3) is 0.786. The molecular formula is C14H25ClN4O2S. The van der Waals surface area contributed by atoms with Crippen LogP contribution in [0, 0.1) is 25.7 Å². The summed E-state index contributed by atoms with van der Waals surface area (Å²) >= 11 is 0. The van der Waals surface area contributed by atoms with Gasteiger partial charge in [-0.05, 0) is 38.5 Å². The van der Waals surface area contributed by atoms with Gasteiger partial charge in [-0.25, -0.2) is 8.42 Å². The zero-order valence-corrected chi connectivity index (χ0v) is 15.0. The lowest BCUT2D eigenvalue weighted by Crippen LogP contribution is -2.38. The Hall–Kier alpha value is -0.630. The number of aromatic nitrogens is 2. The number of hydrogen-bond acceptors (Lipinski definition) is 4. The lowest BCUT2D eigenvalue weighted by Gasteiger charge is -2.29. The van der Waals surface area contributed by atoms with E-state index < -0.39 is 10.0 Å². The first-order valence-electron chi connectivity index (χ1n) is 7.58. The van der Waals surface area contributed by atoms with Gasteiger partial charge in [-0.3, -0.25) is 4.68 Å². The molecule has 8 heteroatoms. The maximum atomic E-state index is 13.0. The minimum Gasteiger partial charge on any atom is -0.327 e. The molecule has 3 rings (SSSR count). The van der Waals surface area contributed by atoms with Gasteiger partial charge in [-0.1, -0.05) is 6.42 Å². The first-order valence-corrected chi connectivity index (χ1v) is 9.02. The van der Waals surface area contributed by atoms with Crippen molar-refractivity contribution in [3.63, 3.8) is 0 Å². The Labute approximate surface area is 138 Å². The van der Waals surface area contributed by atoms with Crippen molar-refractivity contribution in [2.24, 2.45) is 24.6 Å². The van der Waals surface area contributed by atoms with Crippen molar-refractivity contribution in [3.05, 3.63) is 11.4 Å². The average molecular weight is 349 g/mol. The predicted molar refractivity (Wildman–Crippen MR) is 87.5 cm³/mol. The van der Waals surface area contributed by atoms with Crippen molar-refractivity contribution in [1.82, 2.24) is 14.1 Å². The van der Waals surface area contributed by atoms with Gasteiger partial charge in [0.25, 0.3) is 0 Å². The monoisotopic (exact) mass is 348 g/mol. The fourth-order valence-electron chi connectivity index (χ4n) is 3.93.